The highest BCUT2D eigenvalue weighted by molar-refractivity contribution is 5.94. The molecule has 2 aromatic rings. The van der Waals surface area contributed by atoms with E-state index in [2.05, 4.69) is 29.1 Å². The molecular weight excluding hydrogens is 302 g/mol. The van der Waals surface area contributed by atoms with E-state index in [1.54, 1.807) is 0 Å². The summed E-state index contributed by atoms with van der Waals surface area (Å²) in [6.45, 7) is 5.59. The van der Waals surface area contributed by atoms with Crippen molar-refractivity contribution in [1.29, 1.82) is 0 Å². The first kappa shape index (κ1) is 15.2. The van der Waals surface area contributed by atoms with E-state index in [0.29, 0.717) is 18.8 Å². The molecule has 0 spiro atoms. The quantitative estimate of drug-likeness (QED) is 0.908. The Labute approximate surface area is 141 Å². The third-order valence-corrected chi connectivity index (χ3v) is 4.99. The van der Waals surface area contributed by atoms with Crippen LogP contribution in [0.3, 0.4) is 0 Å². The van der Waals surface area contributed by atoms with Gasteiger partial charge in [-0.2, -0.15) is 0 Å². The van der Waals surface area contributed by atoms with Crippen molar-refractivity contribution in [3.8, 4) is 5.75 Å². The Kier molecular flexibility index (Phi) is 3.41. The summed E-state index contributed by atoms with van der Waals surface area (Å²) < 4.78 is 5.95. The maximum Gasteiger partial charge on any atom is 0.271 e. The number of amides is 1. The Balaban J connectivity index is 1.57. The lowest BCUT2D eigenvalue weighted by Gasteiger charge is -2.21. The summed E-state index contributed by atoms with van der Waals surface area (Å²) in [5, 5.41) is 2.98. The van der Waals surface area contributed by atoms with Gasteiger partial charge in [-0.3, -0.25) is 4.79 Å². The second-order valence-electron chi connectivity index (χ2n) is 7.82. The zero-order valence-corrected chi connectivity index (χ0v) is 14.2. The van der Waals surface area contributed by atoms with Crippen molar-refractivity contribution in [2.75, 3.05) is 13.2 Å². The van der Waals surface area contributed by atoms with Gasteiger partial charge in [0.15, 0.2) is 0 Å². The predicted octanol–water partition coefficient (Wildman–Crippen LogP) is 2.83. The number of nitrogens with zero attached hydrogens (tertiary/aromatic N) is 1. The van der Waals surface area contributed by atoms with Crippen LogP contribution in [0.4, 0.5) is 0 Å². The first-order chi connectivity index (χ1) is 11.5. The van der Waals surface area contributed by atoms with E-state index >= 15 is 0 Å². The average molecular weight is 325 g/mol. The SMILES string of the molecule is CC1(C)CNC(=O)c2nc(C3(COc4ccccc4)CC3)[nH]c2C1. The number of aromatic nitrogens is 2. The fourth-order valence-corrected chi connectivity index (χ4v) is 3.26. The molecule has 1 saturated carbocycles. The van der Waals surface area contributed by atoms with Crippen molar-refractivity contribution in [1.82, 2.24) is 15.3 Å². The number of carbonyl (C=O) groups is 1. The standard InChI is InChI=1S/C19H23N3O2/c1-18(2)10-14-15(16(23)20-11-18)22-17(21-14)19(8-9-19)12-24-13-6-4-3-5-7-13/h3-7H,8-12H2,1-2H3,(H,20,23)(H,21,22). The van der Waals surface area contributed by atoms with Gasteiger partial charge in [0.05, 0.1) is 5.41 Å². The number of ether oxygens (including phenoxy) is 1. The first-order valence-corrected chi connectivity index (χ1v) is 8.53. The number of fused-ring (bicyclic) bond motifs is 1. The molecule has 1 fully saturated rings. The van der Waals surface area contributed by atoms with Gasteiger partial charge < -0.3 is 15.0 Å². The van der Waals surface area contributed by atoms with Crippen LogP contribution in [0.25, 0.3) is 0 Å². The van der Waals surface area contributed by atoms with Gasteiger partial charge in [-0.15, -0.1) is 0 Å². The van der Waals surface area contributed by atoms with Crippen molar-refractivity contribution in [3.63, 3.8) is 0 Å². The number of rotatable bonds is 4. The minimum atomic E-state index is -0.0769. The summed E-state index contributed by atoms with van der Waals surface area (Å²) in [6, 6.07) is 9.84. The minimum absolute atomic E-state index is 0.0297. The Hall–Kier alpha value is -2.30. The van der Waals surface area contributed by atoms with E-state index < -0.39 is 0 Å². The summed E-state index contributed by atoms with van der Waals surface area (Å²) >= 11 is 0. The number of benzene rings is 1. The molecule has 126 valence electrons. The number of carbonyl (C=O) groups excluding carboxylic acids is 1. The van der Waals surface area contributed by atoms with Gasteiger partial charge in [-0.05, 0) is 36.8 Å². The number of nitrogens with one attached hydrogen (secondary N) is 2. The zero-order chi connectivity index (χ0) is 16.8. The molecule has 1 amide bonds. The molecule has 1 aromatic carbocycles. The molecule has 5 nitrogen and oxygen atoms in total. The van der Waals surface area contributed by atoms with Crippen molar-refractivity contribution in [2.45, 2.75) is 38.5 Å². The molecule has 0 atom stereocenters. The molecule has 1 aliphatic carbocycles. The van der Waals surface area contributed by atoms with Gasteiger partial charge in [0, 0.05) is 12.2 Å². The number of para-hydroxylation sites is 1. The molecule has 2 aliphatic rings. The molecule has 24 heavy (non-hydrogen) atoms. The summed E-state index contributed by atoms with van der Waals surface area (Å²) in [4.78, 5) is 20.4. The van der Waals surface area contributed by atoms with E-state index in [9.17, 15) is 4.79 Å². The Morgan fingerprint density at radius 3 is 2.67 bits per heavy atom. The largest absolute Gasteiger partial charge is 0.493 e. The van der Waals surface area contributed by atoms with E-state index in [4.69, 9.17) is 4.74 Å². The summed E-state index contributed by atoms with van der Waals surface area (Å²) in [5.74, 6) is 1.70. The third kappa shape index (κ3) is 2.79. The van der Waals surface area contributed by atoms with Crippen molar-refractivity contribution < 1.29 is 9.53 Å². The Morgan fingerprint density at radius 1 is 1.21 bits per heavy atom. The van der Waals surface area contributed by atoms with Gasteiger partial charge in [-0.1, -0.05) is 32.0 Å². The predicted molar refractivity (Wildman–Crippen MR) is 91.3 cm³/mol. The fraction of sp³-hybridized carbons (Fsp3) is 0.474. The normalized spacial score (nSPS) is 20.7. The highest BCUT2D eigenvalue weighted by Crippen LogP contribution is 2.47. The molecule has 0 radical (unpaired) electrons. The lowest BCUT2D eigenvalue weighted by molar-refractivity contribution is 0.0940. The van der Waals surface area contributed by atoms with Crippen molar-refractivity contribution in [2.24, 2.45) is 5.41 Å². The molecular formula is C19H23N3O2. The summed E-state index contributed by atoms with van der Waals surface area (Å²) in [5.41, 5.74) is 1.46. The van der Waals surface area contributed by atoms with Crippen molar-refractivity contribution >= 4 is 5.91 Å². The lowest BCUT2D eigenvalue weighted by atomic mass is 9.88. The Morgan fingerprint density at radius 2 is 1.96 bits per heavy atom. The molecule has 2 heterocycles. The van der Waals surface area contributed by atoms with Gasteiger partial charge in [-0.25, -0.2) is 4.98 Å². The number of hydrogen-bond acceptors (Lipinski definition) is 3. The first-order valence-electron chi connectivity index (χ1n) is 8.53. The van der Waals surface area contributed by atoms with Crippen LogP contribution in [0.1, 0.15) is 48.7 Å². The number of imidazole rings is 1. The molecule has 4 rings (SSSR count). The van der Waals surface area contributed by atoms with Crippen LogP contribution in [-0.2, 0) is 11.8 Å². The van der Waals surface area contributed by atoms with Crippen LogP contribution in [0.15, 0.2) is 30.3 Å². The minimum Gasteiger partial charge on any atom is -0.493 e. The molecule has 0 unspecified atom stereocenters. The molecule has 0 saturated heterocycles. The fourth-order valence-electron chi connectivity index (χ4n) is 3.26. The zero-order valence-electron chi connectivity index (χ0n) is 14.2. The van der Waals surface area contributed by atoms with Crippen LogP contribution in [0.2, 0.25) is 0 Å². The van der Waals surface area contributed by atoms with E-state index in [1.165, 1.54) is 0 Å². The molecule has 2 N–H and O–H groups in total. The second kappa shape index (κ2) is 5.36. The van der Waals surface area contributed by atoms with Crippen LogP contribution in [-0.4, -0.2) is 29.0 Å². The number of hydrogen-bond donors (Lipinski definition) is 2. The summed E-state index contributed by atoms with van der Waals surface area (Å²) in [7, 11) is 0. The molecule has 1 aromatic heterocycles. The average Bonchev–Trinajstić information content (AvgIpc) is 3.27. The Bertz CT molecular complexity index is 760. The maximum absolute atomic E-state index is 12.3. The van der Waals surface area contributed by atoms with E-state index in [-0.39, 0.29) is 16.7 Å². The van der Waals surface area contributed by atoms with Gasteiger partial charge >= 0.3 is 0 Å². The van der Waals surface area contributed by atoms with Gasteiger partial charge in [0.25, 0.3) is 5.91 Å². The van der Waals surface area contributed by atoms with Crippen molar-refractivity contribution in [3.05, 3.63) is 47.5 Å². The molecule has 0 bridgehead atoms. The van der Waals surface area contributed by atoms with E-state index in [1.807, 2.05) is 30.3 Å². The smallest absolute Gasteiger partial charge is 0.271 e. The van der Waals surface area contributed by atoms with Crippen LogP contribution in [0.5, 0.6) is 5.75 Å². The van der Waals surface area contributed by atoms with E-state index in [0.717, 1.165) is 36.5 Å². The van der Waals surface area contributed by atoms with Crippen LogP contribution >= 0.6 is 0 Å². The van der Waals surface area contributed by atoms with Crippen LogP contribution < -0.4 is 10.1 Å². The molecule has 5 heteroatoms. The highest BCUT2D eigenvalue weighted by Gasteiger charge is 2.49. The van der Waals surface area contributed by atoms with Gasteiger partial charge in [0.1, 0.15) is 23.9 Å². The number of aromatic amines is 1. The molecule has 1 aliphatic heterocycles. The van der Waals surface area contributed by atoms with Gasteiger partial charge in [0.2, 0.25) is 0 Å². The maximum atomic E-state index is 12.3. The number of H-pyrrole nitrogens is 1. The third-order valence-electron chi connectivity index (χ3n) is 4.99. The highest BCUT2D eigenvalue weighted by atomic mass is 16.5. The van der Waals surface area contributed by atoms with Crippen LogP contribution in [0, 0.1) is 5.41 Å². The topological polar surface area (TPSA) is 67.0 Å². The monoisotopic (exact) mass is 325 g/mol. The summed E-state index contributed by atoms with van der Waals surface area (Å²) in [6.07, 6.45) is 2.90. The lowest BCUT2D eigenvalue weighted by Crippen LogP contribution is -2.32. The second-order valence-corrected chi connectivity index (χ2v) is 7.82.